The molecule has 1 heterocycles. The molecular formula is C20H28N2O6. The number of rotatable bonds is 5. The maximum absolute atomic E-state index is 12.2. The summed E-state index contributed by atoms with van der Waals surface area (Å²) in [7, 11) is 0. The summed E-state index contributed by atoms with van der Waals surface area (Å²) in [5, 5.41) is 2.45. The minimum atomic E-state index is -0.862. The maximum atomic E-state index is 12.2. The molecule has 8 heteroatoms. The van der Waals surface area contributed by atoms with E-state index in [2.05, 4.69) is 5.32 Å². The lowest BCUT2D eigenvalue weighted by Gasteiger charge is -2.24. The monoisotopic (exact) mass is 392 g/mol. The highest BCUT2D eigenvalue weighted by atomic mass is 16.6. The first-order valence-electron chi connectivity index (χ1n) is 9.29. The molecule has 2 atom stereocenters. The lowest BCUT2D eigenvalue weighted by atomic mass is 10.2. The highest BCUT2D eigenvalue weighted by Gasteiger charge is 2.32. The molecule has 0 aromatic heterocycles. The van der Waals surface area contributed by atoms with E-state index in [0.29, 0.717) is 13.0 Å². The van der Waals surface area contributed by atoms with Gasteiger partial charge in [-0.1, -0.05) is 30.3 Å². The molecule has 0 radical (unpaired) electrons. The van der Waals surface area contributed by atoms with Crippen LogP contribution in [0.3, 0.4) is 0 Å². The fourth-order valence-corrected chi connectivity index (χ4v) is 2.58. The van der Waals surface area contributed by atoms with Crippen molar-refractivity contribution in [2.45, 2.75) is 58.5 Å². The Bertz CT molecular complexity index is 686. The van der Waals surface area contributed by atoms with E-state index in [1.807, 2.05) is 30.3 Å². The summed E-state index contributed by atoms with van der Waals surface area (Å²) in [6, 6.07) is 8.37. The molecule has 1 aliphatic rings. The van der Waals surface area contributed by atoms with Gasteiger partial charge >= 0.3 is 18.2 Å². The first kappa shape index (κ1) is 21.5. The molecule has 1 aromatic carbocycles. The van der Waals surface area contributed by atoms with E-state index in [4.69, 9.17) is 14.2 Å². The molecule has 0 spiro atoms. The number of esters is 1. The largest absolute Gasteiger partial charge is 0.459 e. The van der Waals surface area contributed by atoms with Gasteiger partial charge in [-0.2, -0.15) is 0 Å². The molecule has 1 aromatic rings. The van der Waals surface area contributed by atoms with Crippen molar-refractivity contribution in [3.63, 3.8) is 0 Å². The predicted molar refractivity (Wildman–Crippen MR) is 102 cm³/mol. The van der Waals surface area contributed by atoms with E-state index >= 15 is 0 Å². The lowest BCUT2D eigenvalue weighted by molar-refractivity contribution is -0.150. The quantitative estimate of drug-likeness (QED) is 0.612. The van der Waals surface area contributed by atoms with Crippen LogP contribution in [0.25, 0.3) is 0 Å². The topological polar surface area (TPSA) is 94.2 Å². The molecular weight excluding hydrogens is 364 g/mol. The van der Waals surface area contributed by atoms with Crippen molar-refractivity contribution in [3.05, 3.63) is 35.9 Å². The van der Waals surface area contributed by atoms with Gasteiger partial charge in [0.05, 0.1) is 6.54 Å². The molecule has 8 nitrogen and oxygen atoms in total. The Balaban J connectivity index is 1.72. The van der Waals surface area contributed by atoms with Crippen molar-refractivity contribution in [3.8, 4) is 0 Å². The van der Waals surface area contributed by atoms with Gasteiger partial charge in [0.2, 0.25) is 0 Å². The Morgan fingerprint density at radius 1 is 1.21 bits per heavy atom. The molecule has 1 aliphatic heterocycles. The van der Waals surface area contributed by atoms with Gasteiger partial charge in [0.15, 0.2) is 0 Å². The normalized spacial score (nSPS) is 17.6. The van der Waals surface area contributed by atoms with Crippen LogP contribution in [0.1, 0.15) is 39.7 Å². The standard InChI is InChI=1S/C20H28N2O6/c1-14(21-18(24)26-13-15-8-6-5-7-9-15)17(23)27-16-10-11-22(12-16)19(25)28-20(2,3)4/h5-9,14,16H,10-13H2,1-4H3,(H,21,24)/t14?,16-/m1/s1. The number of carbonyl (C=O) groups excluding carboxylic acids is 3. The van der Waals surface area contributed by atoms with Crippen LogP contribution in [-0.4, -0.2) is 53.9 Å². The molecule has 2 rings (SSSR count). The van der Waals surface area contributed by atoms with E-state index in [1.165, 1.54) is 11.8 Å². The van der Waals surface area contributed by atoms with Gasteiger partial charge in [0.25, 0.3) is 0 Å². The lowest BCUT2D eigenvalue weighted by Crippen LogP contribution is -2.42. The second-order valence-electron chi connectivity index (χ2n) is 7.70. The number of nitrogens with zero attached hydrogens (tertiary/aromatic N) is 1. The number of amides is 2. The Morgan fingerprint density at radius 2 is 1.89 bits per heavy atom. The summed E-state index contributed by atoms with van der Waals surface area (Å²) in [5.74, 6) is -0.576. The van der Waals surface area contributed by atoms with E-state index < -0.39 is 35.9 Å². The van der Waals surface area contributed by atoms with Crippen LogP contribution in [0.4, 0.5) is 9.59 Å². The van der Waals surface area contributed by atoms with Crippen molar-refractivity contribution < 1.29 is 28.6 Å². The number of ether oxygens (including phenoxy) is 3. The first-order valence-corrected chi connectivity index (χ1v) is 9.29. The number of benzene rings is 1. The minimum Gasteiger partial charge on any atom is -0.459 e. The summed E-state index contributed by atoms with van der Waals surface area (Å²) in [6.07, 6.45) is -1.03. The average Bonchev–Trinajstić information content (AvgIpc) is 3.08. The van der Waals surface area contributed by atoms with Crippen LogP contribution in [0.2, 0.25) is 0 Å². The number of hydrogen-bond acceptors (Lipinski definition) is 6. The highest BCUT2D eigenvalue weighted by molar-refractivity contribution is 5.81. The first-order chi connectivity index (χ1) is 13.1. The van der Waals surface area contributed by atoms with Gasteiger partial charge in [-0.3, -0.25) is 0 Å². The van der Waals surface area contributed by atoms with Crippen molar-refractivity contribution in [1.29, 1.82) is 0 Å². The van der Waals surface area contributed by atoms with Crippen LogP contribution < -0.4 is 5.32 Å². The average molecular weight is 392 g/mol. The van der Waals surface area contributed by atoms with E-state index in [0.717, 1.165) is 5.56 Å². The molecule has 28 heavy (non-hydrogen) atoms. The van der Waals surface area contributed by atoms with Crippen LogP contribution in [0, 0.1) is 0 Å². The maximum Gasteiger partial charge on any atom is 0.410 e. The van der Waals surface area contributed by atoms with E-state index in [9.17, 15) is 14.4 Å². The third-order valence-corrected chi connectivity index (χ3v) is 3.98. The second kappa shape index (κ2) is 9.43. The van der Waals surface area contributed by atoms with Gasteiger partial charge in [0, 0.05) is 13.0 Å². The van der Waals surface area contributed by atoms with Crippen molar-refractivity contribution in [2.75, 3.05) is 13.1 Å². The Kier molecular flexibility index (Phi) is 7.25. The third-order valence-electron chi connectivity index (χ3n) is 3.98. The van der Waals surface area contributed by atoms with Crippen molar-refractivity contribution in [2.24, 2.45) is 0 Å². The Labute approximate surface area is 165 Å². The molecule has 1 saturated heterocycles. The predicted octanol–water partition coefficient (Wildman–Crippen LogP) is 2.85. The molecule has 0 aliphatic carbocycles. The smallest absolute Gasteiger partial charge is 0.410 e. The number of alkyl carbamates (subject to hydrolysis) is 1. The number of carbonyl (C=O) groups is 3. The second-order valence-corrected chi connectivity index (χ2v) is 7.70. The third kappa shape index (κ3) is 7.09. The molecule has 1 N–H and O–H groups in total. The van der Waals surface area contributed by atoms with Gasteiger partial charge in [-0.25, -0.2) is 14.4 Å². The summed E-state index contributed by atoms with van der Waals surface area (Å²) in [4.78, 5) is 37.6. The summed E-state index contributed by atoms with van der Waals surface area (Å²) < 4.78 is 15.8. The number of nitrogens with one attached hydrogen (secondary N) is 1. The van der Waals surface area contributed by atoms with Crippen molar-refractivity contribution in [1.82, 2.24) is 10.2 Å². The summed E-state index contributed by atoms with van der Waals surface area (Å²) in [5.41, 5.74) is 0.269. The van der Waals surface area contributed by atoms with Gasteiger partial charge < -0.3 is 24.4 Å². The molecule has 154 valence electrons. The van der Waals surface area contributed by atoms with Gasteiger partial charge in [0.1, 0.15) is 24.4 Å². The SMILES string of the molecule is CC(NC(=O)OCc1ccccc1)C(=O)O[C@@H]1CCN(C(=O)OC(C)(C)C)C1. The summed E-state index contributed by atoms with van der Waals surface area (Å²) in [6.45, 7) is 7.74. The number of hydrogen-bond donors (Lipinski definition) is 1. The zero-order chi connectivity index (χ0) is 20.7. The molecule has 0 saturated carbocycles. The van der Waals surface area contributed by atoms with Gasteiger partial charge in [-0.05, 0) is 33.3 Å². The molecule has 1 unspecified atom stereocenters. The fraction of sp³-hybridized carbons (Fsp3) is 0.550. The fourth-order valence-electron chi connectivity index (χ4n) is 2.58. The van der Waals surface area contributed by atoms with Crippen LogP contribution in [0.15, 0.2) is 30.3 Å². The van der Waals surface area contributed by atoms with E-state index in [1.54, 1.807) is 20.8 Å². The Morgan fingerprint density at radius 3 is 2.54 bits per heavy atom. The van der Waals surface area contributed by atoms with E-state index in [-0.39, 0.29) is 13.2 Å². The van der Waals surface area contributed by atoms with Crippen LogP contribution >= 0.6 is 0 Å². The zero-order valence-electron chi connectivity index (χ0n) is 16.8. The van der Waals surface area contributed by atoms with Crippen molar-refractivity contribution >= 4 is 18.2 Å². The molecule has 0 bridgehead atoms. The molecule has 2 amide bonds. The Hall–Kier alpha value is -2.77. The minimum absolute atomic E-state index is 0.113. The molecule has 1 fully saturated rings. The zero-order valence-corrected chi connectivity index (χ0v) is 16.8. The highest BCUT2D eigenvalue weighted by Crippen LogP contribution is 2.17. The summed E-state index contributed by atoms with van der Waals surface area (Å²) >= 11 is 0. The van der Waals surface area contributed by atoms with Crippen LogP contribution in [-0.2, 0) is 25.6 Å². The van der Waals surface area contributed by atoms with Gasteiger partial charge in [-0.15, -0.1) is 0 Å². The van der Waals surface area contributed by atoms with Crippen LogP contribution in [0.5, 0.6) is 0 Å². The number of likely N-dealkylation sites (tertiary alicyclic amines) is 1.